The van der Waals surface area contributed by atoms with Crippen molar-refractivity contribution in [2.45, 2.75) is 26.8 Å². The van der Waals surface area contributed by atoms with E-state index >= 15 is 0 Å². The lowest BCUT2D eigenvalue weighted by atomic mass is 9.94. The summed E-state index contributed by atoms with van der Waals surface area (Å²) in [5, 5.41) is 2.84. The highest BCUT2D eigenvalue weighted by Gasteiger charge is 2.36. The molecule has 2 aromatic carbocycles. The summed E-state index contributed by atoms with van der Waals surface area (Å²) in [6.45, 7) is 6.68. The van der Waals surface area contributed by atoms with Crippen molar-refractivity contribution in [2.75, 3.05) is 25.5 Å². The number of benzene rings is 2. The maximum atomic E-state index is 14.0. The van der Waals surface area contributed by atoms with Crippen LogP contribution in [0.2, 0.25) is 0 Å². The van der Waals surface area contributed by atoms with E-state index in [2.05, 4.69) is 5.32 Å². The summed E-state index contributed by atoms with van der Waals surface area (Å²) in [4.78, 5) is 47.6. The van der Waals surface area contributed by atoms with Gasteiger partial charge in [0, 0.05) is 29.9 Å². The van der Waals surface area contributed by atoms with E-state index in [1.54, 1.807) is 25.0 Å². The molecule has 0 spiro atoms. The number of thiazole rings is 1. The highest BCUT2D eigenvalue weighted by molar-refractivity contribution is 7.07. The van der Waals surface area contributed by atoms with Crippen molar-refractivity contribution in [3.05, 3.63) is 90.6 Å². The van der Waals surface area contributed by atoms with Crippen LogP contribution in [0, 0.1) is 0 Å². The number of carbonyl (C=O) groups is 2. The van der Waals surface area contributed by atoms with Crippen LogP contribution in [0.15, 0.2) is 69.6 Å². The first kappa shape index (κ1) is 23.7. The number of anilines is 1. The van der Waals surface area contributed by atoms with E-state index in [0.717, 1.165) is 11.3 Å². The Morgan fingerprint density at radius 3 is 2.53 bits per heavy atom. The summed E-state index contributed by atoms with van der Waals surface area (Å²) in [7, 11) is 1.56. The second-order valence-corrected chi connectivity index (χ2v) is 9.47. The third kappa shape index (κ3) is 3.58. The standard InChI is InChI=1S/C27H26N4O4S/c1-5-30(6-2)25(33)20-15(3)28-27-31(22(20)17-12-8-10-14-19(17)35-4)26(34)23(36-27)21-16-11-7-9-13-18(16)29-24(21)32/h7-14,22H,5-6H2,1-4H3,(H,29,32). The number of rotatable bonds is 5. The molecule has 1 aromatic heterocycles. The molecule has 5 rings (SSSR count). The van der Waals surface area contributed by atoms with E-state index in [4.69, 9.17) is 9.73 Å². The molecular formula is C27H26N4O4S. The molecule has 0 bridgehead atoms. The summed E-state index contributed by atoms with van der Waals surface area (Å²) in [5.41, 5.74) is 2.94. The molecule has 1 N–H and O–H groups in total. The summed E-state index contributed by atoms with van der Waals surface area (Å²) < 4.78 is 7.46. The largest absolute Gasteiger partial charge is 0.496 e. The van der Waals surface area contributed by atoms with Crippen LogP contribution in [-0.4, -0.2) is 41.5 Å². The van der Waals surface area contributed by atoms with Crippen molar-refractivity contribution in [1.29, 1.82) is 0 Å². The monoisotopic (exact) mass is 502 g/mol. The molecule has 184 valence electrons. The molecule has 0 saturated carbocycles. The van der Waals surface area contributed by atoms with Gasteiger partial charge in [-0.3, -0.25) is 19.0 Å². The van der Waals surface area contributed by atoms with Gasteiger partial charge in [-0.1, -0.05) is 47.7 Å². The number of carbonyl (C=O) groups excluding carboxylic acids is 2. The predicted octanol–water partition coefficient (Wildman–Crippen LogP) is 2.43. The molecule has 1 unspecified atom stereocenters. The van der Waals surface area contributed by atoms with Crippen LogP contribution in [0.4, 0.5) is 5.69 Å². The van der Waals surface area contributed by atoms with Crippen molar-refractivity contribution < 1.29 is 14.3 Å². The number of hydrogen-bond acceptors (Lipinski definition) is 6. The number of nitrogens with zero attached hydrogens (tertiary/aromatic N) is 3. The minimum absolute atomic E-state index is 0.181. The smallest absolute Gasteiger partial charge is 0.271 e. The van der Waals surface area contributed by atoms with Crippen molar-refractivity contribution in [3.63, 3.8) is 0 Å². The van der Waals surface area contributed by atoms with E-state index in [0.29, 0.717) is 61.8 Å². The fraction of sp³-hybridized carbons (Fsp3) is 0.259. The van der Waals surface area contributed by atoms with Crippen LogP contribution in [0.25, 0.3) is 5.57 Å². The summed E-state index contributed by atoms with van der Waals surface area (Å²) in [6.07, 6.45) is 0. The quantitative estimate of drug-likeness (QED) is 0.580. The molecule has 9 heteroatoms. The van der Waals surface area contributed by atoms with Gasteiger partial charge in [0.05, 0.1) is 24.0 Å². The number of ether oxygens (including phenoxy) is 1. The Labute approximate surface area is 211 Å². The van der Waals surface area contributed by atoms with Crippen LogP contribution in [0.5, 0.6) is 5.75 Å². The zero-order valence-electron chi connectivity index (χ0n) is 20.5. The molecule has 1 atom stereocenters. The average Bonchev–Trinajstić information content (AvgIpc) is 3.38. The first-order valence-corrected chi connectivity index (χ1v) is 12.6. The highest BCUT2D eigenvalue weighted by atomic mass is 32.1. The van der Waals surface area contributed by atoms with Gasteiger partial charge in [0.2, 0.25) is 0 Å². The Balaban J connectivity index is 1.84. The number of hydrogen-bond donors (Lipinski definition) is 1. The molecular weight excluding hydrogens is 476 g/mol. The van der Waals surface area contributed by atoms with Crippen LogP contribution < -0.4 is 24.9 Å². The first-order chi connectivity index (χ1) is 17.4. The van der Waals surface area contributed by atoms with Gasteiger partial charge in [0.15, 0.2) is 4.80 Å². The number of amides is 2. The predicted molar refractivity (Wildman–Crippen MR) is 139 cm³/mol. The number of fused-ring (bicyclic) bond motifs is 2. The second-order valence-electron chi connectivity index (χ2n) is 8.50. The normalized spacial score (nSPS) is 17.8. The van der Waals surface area contributed by atoms with Crippen LogP contribution in [0.3, 0.4) is 0 Å². The molecule has 0 saturated heterocycles. The van der Waals surface area contributed by atoms with Gasteiger partial charge in [-0.2, -0.15) is 0 Å². The lowest BCUT2D eigenvalue weighted by Crippen LogP contribution is -2.43. The molecule has 3 aromatic rings. The fourth-order valence-corrected chi connectivity index (χ4v) is 6.00. The molecule has 0 fully saturated rings. The van der Waals surface area contributed by atoms with Gasteiger partial charge >= 0.3 is 0 Å². The number of nitrogens with one attached hydrogen (secondary N) is 1. The van der Waals surface area contributed by atoms with Gasteiger partial charge in [0.1, 0.15) is 16.3 Å². The van der Waals surface area contributed by atoms with Crippen molar-refractivity contribution >= 4 is 34.4 Å². The minimum atomic E-state index is -0.750. The molecule has 0 radical (unpaired) electrons. The highest BCUT2D eigenvalue weighted by Crippen LogP contribution is 2.36. The lowest BCUT2D eigenvalue weighted by molar-refractivity contribution is -0.127. The third-order valence-corrected chi connectivity index (χ3v) is 7.66. The van der Waals surface area contributed by atoms with E-state index in [1.807, 2.05) is 56.3 Å². The maximum absolute atomic E-state index is 14.0. The third-order valence-electron chi connectivity index (χ3n) is 6.61. The van der Waals surface area contributed by atoms with Gasteiger partial charge in [-0.25, -0.2) is 4.99 Å². The Bertz CT molecular complexity index is 1610. The number of aromatic nitrogens is 1. The number of para-hydroxylation sites is 2. The molecule has 2 amide bonds. The second kappa shape index (κ2) is 9.23. The lowest BCUT2D eigenvalue weighted by Gasteiger charge is -2.29. The zero-order valence-corrected chi connectivity index (χ0v) is 21.3. The van der Waals surface area contributed by atoms with Crippen molar-refractivity contribution in [1.82, 2.24) is 9.47 Å². The molecule has 2 aliphatic rings. The van der Waals surface area contributed by atoms with Gasteiger partial charge in [-0.15, -0.1) is 0 Å². The van der Waals surface area contributed by atoms with Gasteiger partial charge in [-0.05, 0) is 32.9 Å². The molecule has 8 nitrogen and oxygen atoms in total. The van der Waals surface area contributed by atoms with Crippen molar-refractivity contribution in [2.24, 2.45) is 4.99 Å². The zero-order chi connectivity index (χ0) is 25.6. The average molecular weight is 503 g/mol. The summed E-state index contributed by atoms with van der Waals surface area (Å²) >= 11 is 1.16. The van der Waals surface area contributed by atoms with Gasteiger partial charge < -0.3 is 15.0 Å². The summed E-state index contributed by atoms with van der Waals surface area (Å²) in [6, 6.07) is 13.9. The van der Waals surface area contributed by atoms with E-state index < -0.39 is 6.04 Å². The van der Waals surface area contributed by atoms with Crippen molar-refractivity contribution in [3.8, 4) is 5.75 Å². The molecule has 0 aliphatic carbocycles. The van der Waals surface area contributed by atoms with Crippen LogP contribution >= 0.6 is 11.3 Å². The summed E-state index contributed by atoms with van der Waals surface area (Å²) in [5.74, 6) is 0.0498. The Hall–Kier alpha value is -3.98. The van der Waals surface area contributed by atoms with Crippen LogP contribution in [0.1, 0.15) is 37.9 Å². The fourth-order valence-electron chi connectivity index (χ4n) is 4.86. The number of likely N-dealkylation sites (N-methyl/N-ethyl adjacent to an activating group) is 1. The Kier molecular flexibility index (Phi) is 6.09. The maximum Gasteiger partial charge on any atom is 0.271 e. The molecule has 2 aliphatic heterocycles. The molecule has 36 heavy (non-hydrogen) atoms. The van der Waals surface area contributed by atoms with Crippen LogP contribution in [-0.2, 0) is 9.59 Å². The van der Waals surface area contributed by atoms with E-state index in [-0.39, 0.29) is 17.4 Å². The van der Waals surface area contributed by atoms with Gasteiger partial charge in [0.25, 0.3) is 17.4 Å². The number of methoxy groups -OCH3 is 1. The minimum Gasteiger partial charge on any atom is -0.496 e. The Morgan fingerprint density at radius 1 is 1.11 bits per heavy atom. The molecule has 3 heterocycles. The topological polar surface area (TPSA) is 93.0 Å². The SMILES string of the molecule is CCN(CC)C(=O)C1=C(C)N=c2sc(=C3C(=O)Nc4ccccc43)c(=O)n2C1c1ccccc1OC. The first-order valence-electron chi connectivity index (χ1n) is 11.8. The van der Waals surface area contributed by atoms with E-state index in [1.165, 1.54) is 4.57 Å². The number of allylic oxidation sites excluding steroid dienone is 1. The Morgan fingerprint density at radius 2 is 1.81 bits per heavy atom. The van der Waals surface area contributed by atoms with E-state index in [9.17, 15) is 14.4 Å².